The lowest BCUT2D eigenvalue weighted by molar-refractivity contribution is -0.0212. The summed E-state index contributed by atoms with van der Waals surface area (Å²) >= 11 is 0. The summed E-state index contributed by atoms with van der Waals surface area (Å²) in [4.78, 5) is 2.43. The predicted molar refractivity (Wildman–Crippen MR) is 112 cm³/mol. The van der Waals surface area contributed by atoms with Crippen molar-refractivity contribution in [2.75, 3.05) is 25.0 Å². The van der Waals surface area contributed by atoms with E-state index >= 15 is 0 Å². The van der Waals surface area contributed by atoms with Crippen molar-refractivity contribution >= 4 is 5.82 Å². The number of ether oxygens (including phenoxy) is 1. The SMILES string of the molecule is CC1CN(Cc2cccc(CNc3ccc(-c4ccc(F)cc4)nn3)c2)CCO1. The third kappa shape index (κ3) is 5.37. The molecule has 4 rings (SSSR count). The fourth-order valence-electron chi connectivity index (χ4n) is 3.52. The van der Waals surface area contributed by atoms with Gasteiger partial charge in [-0.25, -0.2) is 4.39 Å². The fraction of sp³-hybridized carbons (Fsp3) is 0.304. The van der Waals surface area contributed by atoms with E-state index in [0.717, 1.165) is 37.5 Å². The zero-order valence-electron chi connectivity index (χ0n) is 16.5. The van der Waals surface area contributed by atoms with Crippen LogP contribution in [0.15, 0.2) is 60.7 Å². The molecule has 1 aliphatic rings. The zero-order chi connectivity index (χ0) is 20.1. The summed E-state index contributed by atoms with van der Waals surface area (Å²) in [7, 11) is 0. The molecule has 29 heavy (non-hydrogen) atoms. The van der Waals surface area contributed by atoms with E-state index in [1.54, 1.807) is 12.1 Å². The van der Waals surface area contributed by atoms with Gasteiger partial charge in [0.25, 0.3) is 0 Å². The van der Waals surface area contributed by atoms with Crippen molar-refractivity contribution < 1.29 is 9.13 Å². The number of aromatic nitrogens is 2. The van der Waals surface area contributed by atoms with Crippen molar-refractivity contribution in [2.24, 2.45) is 0 Å². The zero-order valence-corrected chi connectivity index (χ0v) is 16.5. The van der Waals surface area contributed by atoms with Gasteiger partial charge in [-0.15, -0.1) is 10.2 Å². The maximum atomic E-state index is 13.1. The molecule has 0 radical (unpaired) electrons. The Bertz CT molecular complexity index is 930. The molecule has 0 bridgehead atoms. The van der Waals surface area contributed by atoms with Crippen LogP contribution in [0.1, 0.15) is 18.1 Å². The summed E-state index contributed by atoms with van der Waals surface area (Å²) in [5, 5.41) is 11.8. The molecule has 3 aromatic rings. The van der Waals surface area contributed by atoms with Crippen molar-refractivity contribution in [2.45, 2.75) is 26.1 Å². The van der Waals surface area contributed by atoms with Gasteiger partial charge in [-0.2, -0.15) is 0 Å². The van der Waals surface area contributed by atoms with Crippen LogP contribution in [0, 0.1) is 5.82 Å². The van der Waals surface area contributed by atoms with Crippen LogP contribution in [0.2, 0.25) is 0 Å². The summed E-state index contributed by atoms with van der Waals surface area (Å²) in [5.74, 6) is 0.452. The molecule has 1 unspecified atom stereocenters. The van der Waals surface area contributed by atoms with Crippen LogP contribution >= 0.6 is 0 Å². The molecule has 6 heteroatoms. The standard InChI is InChI=1S/C23H25FN4O/c1-17-15-28(11-12-29-17)16-19-4-2-3-18(13-19)14-25-23-10-9-22(26-27-23)20-5-7-21(24)8-6-20/h2-10,13,17H,11-12,14-16H2,1H3,(H,25,27). The molecule has 2 aromatic carbocycles. The second-order valence-corrected chi connectivity index (χ2v) is 7.40. The van der Waals surface area contributed by atoms with Crippen LogP contribution in [-0.2, 0) is 17.8 Å². The highest BCUT2D eigenvalue weighted by Crippen LogP contribution is 2.18. The van der Waals surface area contributed by atoms with E-state index in [1.807, 2.05) is 12.1 Å². The maximum Gasteiger partial charge on any atom is 0.148 e. The fourth-order valence-corrected chi connectivity index (χ4v) is 3.52. The Morgan fingerprint density at radius 1 is 1.07 bits per heavy atom. The molecular weight excluding hydrogens is 367 g/mol. The average molecular weight is 392 g/mol. The third-order valence-corrected chi connectivity index (χ3v) is 5.00. The van der Waals surface area contributed by atoms with E-state index < -0.39 is 0 Å². The lowest BCUT2D eigenvalue weighted by atomic mass is 10.1. The molecule has 1 fully saturated rings. The van der Waals surface area contributed by atoms with Gasteiger partial charge in [-0.1, -0.05) is 24.3 Å². The van der Waals surface area contributed by atoms with Gasteiger partial charge in [0, 0.05) is 31.7 Å². The van der Waals surface area contributed by atoms with Gasteiger partial charge in [-0.05, 0) is 54.4 Å². The van der Waals surface area contributed by atoms with E-state index in [9.17, 15) is 4.39 Å². The van der Waals surface area contributed by atoms with Crippen molar-refractivity contribution in [1.29, 1.82) is 0 Å². The number of hydrogen-bond acceptors (Lipinski definition) is 5. The molecular formula is C23H25FN4O. The first kappa shape index (κ1) is 19.5. The summed E-state index contributed by atoms with van der Waals surface area (Å²) in [6.07, 6.45) is 0.296. The monoisotopic (exact) mass is 392 g/mol. The molecule has 1 aromatic heterocycles. The van der Waals surface area contributed by atoms with Gasteiger partial charge in [-0.3, -0.25) is 4.90 Å². The van der Waals surface area contributed by atoms with Crippen LogP contribution in [0.4, 0.5) is 10.2 Å². The Morgan fingerprint density at radius 3 is 2.66 bits per heavy atom. The summed E-state index contributed by atoms with van der Waals surface area (Å²) in [6.45, 7) is 6.48. The molecule has 0 spiro atoms. The summed E-state index contributed by atoms with van der Waals surface area (Å²) < 4.78 is 18.7. The van der Waals surface area contributed by atoms with Gasteiger partial charge in [0.2, 0.25) is 0 Å². The van der Waals surface area contributed by atoms with Gasteiger partial charge in [0.15, 0.2) is 0 Å². The molecule has 1 aliphatic heterocycles. The minimum atomic E-state index is -0.259. The third-order valence-electron chi connectivity index (χ3n) is 5.00. The minimum absolute atomic E-state index is 0.259. The Morgan fingerprint density at radius 2 is 1.90 bits per heavy atom. The lowest BCUT2D eigenvalue weighted by Crippen LogP contribution is -2.40. The molecule has 1 atom stereocenters. The van der Waals surface area contributed by atoms with Crippen molar-refractivity contribution in [3.63, 3.8) is 0 Å². The number of nitrogens with zero attached hydrogens (tertiary/aromatic N) is 3. The topological polar surface area (TPSA) is 50.3 Å². The summed E-state index contributed by atoms with van der Waals surface area (Å²) in [5.41, 5.74) is 4.07. The molecule has 5 nitrogen and oxygen atoms in total. The van der Waals surface area contributed by atoms with Crippen LogP contribution in [0.5, 0.6) is 0 Å². The first-order chi connectivity index (χ1) is 14.2. The normalized spacial score (nSPS) is 17.2. The molecule has 1 N–H and O–H groups in total. The van der Waals surface area contributed by atoms with Gasteiger partial charge < -0.3 is 10.1 Å². The van der Waals surface area contributed by atoms with Gasteiger partial charge >= 0.3 is 0 Å². The highest BCUT2D eigenvalue weighted by Gasteiger charge is 2.16. The maximum absolute atomic E-state index is 13.1. The van der Waals surface area contributed by atoms with Gasteiger partial charge in [0.05, 0.1) is 18.4 Å². The Kier molecular flexibility index (Phi) is 6.12. The lowest BCUT2D eigenvalue weighted by Gasteiger charge is -2.31. The number of hydrogen-bond donors (Lipinski definition) is 1. The highest BCUT2D eigenvalue weighted by atomic mass is 19.1. The van der Waals surface area contributed by atoms with E-state index in [4.69, 9.17) is 4.74 Å². The van der Waals surface area contributed by atoms with E-state index in [2.05, 4.69) is 51.6 Å². The average Bonchev–Trinajstić information content (AvgIpc) is 2.74. The van der Waals surface area contributed by atoms with Gasteiger partial charge in [0.1, 0.15) is 11.6 Å². The Hall–Kier alpha value is -2.83. The number of benzene rings is 2. The first-order valence-corrected chi connectivity index (χ1v) is 9.91. The van der Waals surface area contributed by atoms with E-state index in [0.29, 0.717) is 18.5 Å². The van der Waals surface area contributed by atoms with E-state index in [1.165, 1.54) is 23.3 Å². The summed E-state index contributed by atoms with van der Waals surface area (Å²) in [6, 6.07) is 18.6. The quantitative estimate of drug-likeness (QED) is 0.684. The number of anilines is 1. The van der Waals surface area contributed by atoms with Crippen molar-refractivity contribution in [3.8, 4) is 11.3 Å². The van der Waals surface area contributed by atoms with Crippen molar-refractivity contribution in [3.05, 3.63) is 77.6 Å². The minimum Gasteiger partial charge on any atom is -0.376 e. The molecule has 0 aliphatic carbocycles. The van der Waals surface area contributed by atoms with E-state index in [-0.39, 0.29) is 5.82 Å². The molecule has 1 saturated heterocycles. The smallest absolute Gasteiger partial charge is 0.148 e. The Labute approximate surface area is 170 Å². The highest BCUT2D eigenvalue weighted by molar-refractivity contribution is 5.59. The van der Waals surface area contributed by atoms with Crippen LogP contribution in [0.25, 0.3) is 11.3 Å². The van der Waals surface area contributed by atoms with Crippen molar-refractivity contribution in [1.82, 2.24) is 15.1 Å². The van der Waals surface area contributed by atoms with Crippen LogP contribution in [-0.4, -0.2) is 40.9 Å². The second-order valence-electron chi connectivity index (χ2n) is 7.40. The predicted octanol–water partition coefficient (Wildman–Crippen LogP) is 4.12. The second kappa shape index (κ2) is 9.11. The molecule has 2 heterocycles. The number of rotatable bonds is 6. The first-order valence-electron chi connectivity index (χ1n) is 9.91. The molecule has 150 valence electrons. The molecule has 0 saturated carbocycles. The molecule has 0 amide bonds. The number of morpholine rings is 1. The largest absolute Gasteiger partial charge is 0.376 e. The van der Waals surface area contributed by atoms with Crippen LogP contribution in [0.3, 0.4) is 0 Å². The number of nitrogens with one attached hydrogen (secondary N) is 1. The van der Waals surface area contributed by atoms with Crippen LogP contribution < -0.4 is 5.32 Å². The number of halogens is 1. The Balaban J connectivity index is 1.34.